The largest absolute Gasteiger partial charge is 0.383 e. The molecule has 2 aliphatic rings. The summed E-state index contributed by atoms with van der Waals surface area (Å²) in [6.45, 7) is 6.77. The number of nitrogens with zero attached hydrogens (tertiary/aromatic N) is 5. The van der Waals surface area contributed by atoms with E-state index in [0.717, 1.165) is 26.8 Å². The van der Waals surface area contributed by atoms with Crippen LogP contribution in [-0.4, -0.2) is 31.7 Å². The van der Waals surface area contributed by atoms with Crippen molar-refractivity contribution in [1.82, 2.24) is 19.7 Å². The molecule has 1 aliphatic carbocycles. The van der Waals surface area contributed by atoms with E-state index in [-0.39, 0.29) is 17.9 Å². The van der Waals surface area contributed by atoms with Gasteiger partial charge >= 0.3 is 0 Å². The van der Waals surface area contributed by atoms with Gasteiger partial charge in [-0.2, -0.15) is 5.10 Å². The van der Waals surface area contributed by atoms with Crippen molar-refractivity contribution in [3.05, 3.63) is 63.7 Å². The van der Waals surface area contributed by atoms with Crippen LogP contribution in [-0.2, 0) is 11.3 Å². The number of hydrogen-bond donors (Lipinski definition) is 1. The molecule has 1 fully saturated rings. The SMILES string of the molecule is Cc1ccccc1N1C(=O)C2(C)C(=CC=CC2C)CC1Cn1nc(I)c2c(N)ncnc21. The molecule has 0 radical (unpaired) electrons. The van der Waals surface area contributed by atoms with E-state index in [9.17, 15) is 4.79 Å². The molecule has 0 bridgehead atoms. The fourth-order valence-electron chi connectivity index (χ4n) is 4.97. The van der Waals surface area contributed by atoms with Gasteiger partial charge in [0.1, 0.15) is 15.8 Å². The highest BCUT2D eigenvalue weighted by molar-refractivity contribution is 14.1. The van der Waals surface area contributed by atoms with Crippen molar-refractivity contribution in [2.75, 3.05) is 10.6 Å². The van der Waals surface area contributed by atoms with Gasteiger partial charge in [-0.05, 0) is 60.4 Å². The predicted octanol–water partition coefficient (Wildman–Crippen LogP) is 4.27. The number of amides is 1. The molecule has 3 heterocycles. The number of benzene rings is 1. The summed E-state index contributed by atoms with van der Waals surface area (Å²) in [5.41, 5.74) is 9.43. The fraction of sp³-hybridized carbons (Fsp3) is 0.333. The fourth-order valence-corrected chi connectivity index (χ4v) is 5.75. The number of para-hydroxylation sites is 1. The number of nitrogens with two attached hydrogens (primary N) is 1. The summed E-state index contributed by atoms with van der Waals surface area (Å²) >= 11 is 2.17. The van der Waals surface area contributed by atoms with Crippen LogP contribution in [0, 0.1) is 22.0 Å². The van der Waals surface area contributed by atoms with Crippen molar-refractivity contribution in [3.8, 4) is 0 Å². The molecule has 3 unspecified atom stereocenters. The molecular formula is C24H25IN6O. The van der Waals surface area contributed by atoms with Gasteiger partial charge in [-0.3, -0.25) is 4.79 Å². The van der Waals surface area contributed by atoms with Crippen LogP contribution in [0.5, 0.6) is 0 Å². The second-order valence-electron chi connectivity index (χ2n) is 8.82. The summed E-state index contributed by atoms with van der Waals surface area (Å²) in [5.74, 6) is 0.676. The van der Waals surface area contributed by atoms with Crippen LogP contribution in [0.15, 0.2) is 54.4 Å². The molecule has 164 valence electrons. The third kappa shape index (κ3) is 3.07. The first kappa shape index (κ1) is 21.1. The standard InChI is InChI=1S/C24H25IN6O/c1-14-7-4-5-10-18(14)31-17(11-16-9-6-8-15(2)24(16,3)23(31)32)12-30-22-19(20(25)29-30)21(26)27-13-28-22/h4-10,13,15,17H,11-12H2,1-3H3,(H2,26,27,28). The van der Waals surface area contributed by atoms with Gasteiger partial charge < -0.3 is 10.6 Å². The molecule has 0 saturated carbocycles. The molecule has 32 heavy (non-hydrogen) atoms. The average molecular weight is 540 g/mol. The third-order valence-corrected chi connectivity index (χ3v) is 7.79. The Labute approximate surface area is 200 Å². The number of carbonyl (C=O) groups excluding carboxylic acids is 1. The van der Waals surface area contributed by atoms with Crippen molar-refractivity contribution in [1.29, 1.82) is 0 Å². The van der Waals surface area contributed by atoms with Crippen LogP contribution in [0.2, 0.25) is 0 Å². The predicted molar refractivity (Wildman–Crippen MR) is 134 cm³/mol. The topological polar surface area (TPSA) is 89.9 Å². The lowest BCUT2D eigenvalue weighted by Gasteiger charge is -2.49. The Balaban J connectivity index is 1.64. The first-order valence-corrected chi connectivity index (χ1v) is 11.8. The van der Waals surface area contributed by atoms with Gasteiger partial charge in [-0.25, -0.2) is 14.6 Å². The quantitative estimate of drug-likeness (QED) is 0.502. The number of carbonyl (C=O) groups is 1. The molecule has 0 spiro atoms. The Bertz CT molecular complexity index is 1290. The minimum absolute atomic E-state index is 0.100. The van der Waals surface area contributed by atoms with Gasteiger partial charge in [0.15, 0.2) is 5.65 Å². The van der Waals surface area contributed by atoms with Crippen LogP contribution >= 0.6 is 22.6 Å². The van der Waals surface area contributed by atoms with Gasteiger partial charge in [0.05, 0.1) is 23.4 Å². The normalized spacial score (nSPS) is 25.2. The Kier molecular flexibility index (Phi) is 5.07. The number of aryl methyl sites for hydroxylation is 1. The summed E-state index contributed by atoms with van der Waals surface area (Å²) in [5, 5.41) is 5.47. The highest BCUT2D eigenvalue weighted by atomic mass is 127. The summed E-state index contributed by atoms with van der Waals surface area (Å²) in [6, 6.07) is 7.98. The Morgan fingerprint density at radius 3 is 2.84 bits per heavy atom. The van der Waals surface area contributed by atoms with Gasteiger partial charge in [0.2, 0.25) is 5.91 Å². The van der Waals surface area contributed by atoms with E-state index in [0.29, 0.717) is 18.0 Å². The Hall–Kier alpha value is -2.75. The van der Waals surface area contributed by atoms with Crippen LogP contribution in [0.4, 0.5) is 11.5 Å². The van der Waals surface area contributed by atoms with Gasteiger partial charge in [0.25, 0.3) is 0 Å². The smallest absolute Gasteiger partial charge is 0.237 e. The second kappa shape index (κ2) is 7.68. The number of rotatable bonds is 3. The van der Waals surface area contributed by atoms with Crippen LogP contribution in [0.3, 0.4) is 0 Å². The maximum Gasteiger partial charge on any atom is 0.237 e. The maximum absolute atomic E-state index is 14.1. The molecule has 2 aromatic heterocycles. The highest BCUT2D eigenvalue weighted by Gasteiger charge is 2.51. The lowest BCUT2D eigenvalue weighted by molar-refractivity contribution is -0.129. The molecule has 7 nitrogen and oxygen atoms in total. The first-order chi connectivity index (χ1) is 15.3. The van der Waals surface area contributed by atoms with E-state index in [2.05, 4.69) is 77.6 Å². The zero-order chi connectivity index (χ0) is 22.6. The first-order valence-electron chi connectivity index (χ1n) is 10.7. The number of nitrogen functional groups attached to an aromatic ring is 1. The number of piperidine rings is 1. The van der Waals surface area contributed by atoms with E-state index in [1.54, 1.807) is 0 Å². The van der Waals surface area contributed by atoms with E-state index >= 15 is 0 Å². The Morgan fingerprint density at radius 2 is 2.06 bits per heavy atom. The van der Waals surface area contributed by atoms with E-state index in [1.165, 1.54) is 11.9 Å². The van der Waals surface area contributed by atoms with Crippen LogP contribution < -0.4 is 10.6 Å². The molecule has 3 atom stereocenters. The average Bonchev–Trinajstić information content (AvgIpc) is 3.08. The second-order valence-corrected chi connectivity index (χ2v) is 9.84. The summed E-state index contributed by atoms with van der Waals surface area (Å²) in [4.78, 5) is 24.7. The zero-order valence-electron chi connectivity index (χ0n) is 18.3. The van der Waals surface area contributed by atoms with E-state index in [4.69, 9.17) is 10.8 Å². The summed E-state index contributed by atoms with van der Waals surface area (Å²) < 4.78 is 2.63. The lowest BCUT2D eigenvalue weighted by atomic mass is 9.64. The minimum Gasteiger partial charge on any atom is -0.383 e. The molecule has 1 aromatic carbocycles. The van der Waals surface area contributed by atoms with Crippen LogP contribution in [0.1, 0.15) is 25.8 Å². The number of fused-ring (bicyclic) bond motifs is 2. The highest BCUT2D eigenvalue weighted by Crippen LogP contribution is 2.48. The zero-order valence-corrected chi connectivity index (χ0v) is 20.4. The molecule has 3 aromatic rings. The Morgan fingerprint density at radius 1 is 1.28 bits per heavy atom. The molecule has 2 N–H and O–H groups in total. The molecule has 1 saturated heterocycles. The van der Waals surface area contributed by atoms with Crippen molar-refractivity contribution < 1.29 is 4.79 Å². The van der Waals surface area contributed by atoms with Gasteiger partial charge in [-0.15, -0.1) is 0 Å². The molecular weight excluding hydrogens is 515 g/mol. The number of aromatic nitrogens is 4. The molecule has 5 rings (SSSR count). The molecule has 1 amide bonds. The number of halogens is 1. The lowest BCUT2D eigenvalue weighted by Crippen LogP contribution is -2.57. The monoisotopic (exact) mass is 540 g/mol. The van der Waals surface area contributed by atoms with Crippen molar-refractivity contribution >= 4 is 51.0 Å². The molecule has 8 heteroatoms. The number of allylic oxidation sites excluding steroid dienone is 3. The van der Waals surface area contributed by atoms with Crippen molar-refractivity contribution in [3.63, 3.8) is 0 Å². The van der Waals surface area contributed by atoms with Crippen molar-refractivity contribution in [2.45, 2.75) is 39.8 Å². The van der Waals surface area contributed by atoms with Crippen LogP contribution in [0.25, 0.3) is 11.0 Å². The maximum atomic E-state index is 14.1. The van der Waals surface area contributed by atoms with Crippen molar-refractivity contribution in [2.24, 2.45) is 11.3 Å². The summed E-state index contributed by atoms with van der Waals surface area (Å²) in [6.07, 6.45) is 8.55. The molecule has 1 aliphatic heterocycles. The van der Waals surface area contributed by atoms with Gasteiger partial charge in [0, 0.05) is 5.69 Å². The minimum atomic E-state index is -0.555. The number of anilines is 2. The number of hydrogen-bond acceptors (Lipinski definition) is 5. The third-order valence-electron chi connectivity index (χ3n) is 7.03. The van der Waals surface area contributed by atoms with Gasteiger partial charge in [-0.1, -0.05) is 48.9 Å². The summed E-state index contributed by atoms with van der Waals surface area (Å²) in [7, 11) is 0. The van der Waals surface area contributed by atoms with E-state index < -0.39 is 5.41 Å². The van der Waals surface area contributed by atoms with E-state index in [1.807, 2.05) is 27.8 Å².